The topological polar surface area (TPSA) is 75.0 Å². The van der Waals surface area contributed by atoms with Crippen LogP contribution in [-0.2, 0) is 22.6 Å². The van der Waals surface area contributed by atoms with Gasteiger partial charge < -0.3 is 14.0 Å². The zero-order chi connectivity index (χ0) is 29.2. The molecule has 0 aromatic carbocycles. The highest BCUT2D eigenvalue weighted by molar-refractivity contribution is 6.76. The van der Waals surface area contributed by atoms with Gasteiger partial charge in [-0.15, -0.1) is 0 Å². The number of allylic oxidation sites excluding steroid dienone is 1. The first-order chi connectivity index (χ1) is 18.2. The Kier molecular flexibility index (Phi) is 15.9. The normalized spacial score (nSPS) is 12.3. The van der Waals surface area contributed by atoms with Crippen molar-refractivity contribution < 1.29 is 9.47 Å². The maximum atomic E-state index is 6.09. The van der Waals surface area contributed by atoms with Gasteiger partial charge in [-0.1, -0.05) is 76.0 Å². The molecule has 3 aromatic heterocycles. The Morgan fingerprint density at radius 1 is 0.825 bits per heavy atom. The molecule has 0 spiro atoms. The molecule has 0 bridgehead atoms. The number of hydrogen-bond donors (Lipinski definition) is 0. The van der Waals surface area contributed by atoms with Gasteiger partial charge in [-0.25, -0.2) is 19.9 Å². The van der Waals surface area contributed by atoms with E-state index in [0.29, 0.717) is 17.0 Å². The van der Waals surface area contributed by atoms with Crippen LogP contribution in [0.2, 0.25) is 72.2 Å². The third-order valence-electron chi connectivity index (χ3n) is 5.53. The molecule has 4 rings (SSSR count). The molecule has 7 nitrogen and oxygen atoms in total. The van der Waals surface area contributed by atoms with Gasteiger partial charge in [0.05, 0.1) is 11.2 Å². The molecule has 0 aliphatic heterocycles. The largest absolute Gasteiger partial charge is 0.382 e. The minimum atomic E-state index is -1.05. The first kappa shape index (κ1) is 37.0. The maximum Gasteiger partial charge on any atom is 0.224 e. The summed E-state index contributed by atoms with van der Waals surface area (Å²) in [6.45, 7) is 19.2. The van der Waals surface area contributed by atoms with E-state index < -0.39 is 16.1 Å². The highest BCUT2D eigenvalue weighted by Gasteiger charge is 2.14. The molecule has 0 saturated heterocycles. The van der Waals surface area contributed by atoms with Crippen LogP contribution in [0.25, 0.3) is 17.1 Å². The van der Waals surface area contributed by atoms with Crippen molar-refractivity contribution >= 4 is 79.7 Å². The van der Waals surface area contributed by atoms with Crippen LogP contribution < -0.4 is 0 Å². The lowest BCUT2D eigenvalue weighted by atomic mass is 10.2. The summed E-state index contributed by atoms with van der Waals surface area (Å²) in [4.78, 5) is 15.9. The van der Waals surface area contributed by atoms with Gasteiger partial charge in [-0.2, -0.15) is 0 Å². The second-order valence-corrected chi connectivity index (χ2v) is 24.0. The summed E-state index contributed by atoms with van der Waals surface area (Å²) in [7, 11) is -1.87. The molecule has 40 heavy (non-hydrogen) atoms. The second-order valence-electron chi connectivity index (χ2n) is 11.4. The average Bonchev–Trinajstić information content (AvgIpc) is 3.43. The van der Waals surface area contributed by atoms with E-state index in [1.165, 1.54) is 6.04 Å². The van der Waals surface area contributed by atoms with Crippen LogP contribution in [0.5, 0.6) is 0 Å². The molecule has 1 aliphatic carbocycles. The third-order valence-corrected chi connectivity index (χ3v) is 9.85. The maximum absolute atomic E-state index is 6.09. The Labute approximate surface area is 261 Å². The molecule has 0 N–H and O–H groups in total. The predicted octanol–water partition coefficient (Wildman–Crippen LogP) is 9.40. The molecular weight excluding hydrogens is 624 g/mol. The molecule has 0 unspecified atom stereocenters. The summed E-state index contributed by atoms with van der Waals surface area (Å²) >= 11 is 23.2. The van der Waals surface area contributed by atoms with E-state index in [-0.39, 0.29) is 18.0 Å². The van der Waals surface area contributed by atoms with Gasteiger partial charge in [0.15, 0.2) is 5.15 Å². The van der Waals surface area contributed by atoms with Crippen molar-refractivity contribution in [3.05, 3.63) is 50.5 Å². The monoisotopic (exact) mass is 665 g/mol. The molecule has 0 radical (unpaired) electrons. The Hall–Kier alpha value is -1.05. The van der Waals surface area contributed by atoms with E-state index in [1.807, 2.05) is 35.9 Å². The van der Waals surface area contributed by atoms with Crippen LogP contribution in [0, 0.1) is 0 Å². The van der Waals surface area contributed by atoms with E-state index in [1.54, 1.807) is 0 Å². The molecule has 0 saturated carbocycles. The number of rotatable bonds is 9. The highest BCUT2D eigenvalue weighted by Crippen LogP contribution is 2.25. The van der Waals surface area contributed by atoms with Crippen molar-refractivity contribution in [2.45, 2.75) is 78.9 Å². The van der Waals surface area contributed by atoms with Crippen LogP contribution in [0.15, 0.2) is 18.3 Å². The highest BCUT2D eigenvalue weighted by atomic mass is 35.5. The fraction of sp³-hybridized carbons (Fsp3) is 0.556. The second kappa shape index (κ2) is 17.2. The molecule has 1 aliphatic rings. The minimum Gasteiger partial charge on any atom is -0.382 e. The lowest BCUT2D eigenvalue weighted by Crippen LogP contribution is -2.22. The molecular formula is C27H43Cl4N5O2Si2. The zero-order valence-electron chi connectivity index (χ0n) is 23.8. The van der Waals surface area contributed by atoms with E-state index in [2.05, 4.69) is 59.2 Å². The van der Waals surface area contributed by atoms with Crippen molar-refractivity contribution in [2.24, 2.45) is 0 Å². The van der Waals surface area contributed by atoms with Gasteiger partial charge in [-0.05, 0) is 60.8 Å². The van der Waals surface area contributed by atoms with Crippen LogP contribution >= 0.6 is 46.4 Å². The van der Waals surface area contributed by atoms with Crippen molar-refractivity contribution in [3.63, 3.8) is 0 Å². The first-order valence-electron chi connectivity index (χ1n) is 12.9. The van der Waals surface area contributed by atoms with Gasteiger partial charge in [0, 0.05) is 47.7 Å². The third kappa shape index (κ3) is 13.3. The van der Waals surface area contributed by atoms with Crippen molar-refractivity contribution in [1.29, 1.82) is 0 Å². The molecule has 0 atom stereocenters. The summed E-state index contributed by atoms with van der Waals surface area (Å²) in [5, 5.41) is 1.19. The zero-order valence-corrected chi connectivity index (χ0v) is 28.8. The standard InChI is InChI=1S/C12H17Cl2N3OSi.C7H4Cl2N2.C7H18OSi.CH4/c1-19(2,3)7-6-18-8-17-5-4-9-10(17)11(13)16-12(14)15-9;8-6-4-2-1-3-5(4)10-7(9)11-6;1-5-8-6-7-9(2,3)4;/h4-5H,6-8H2,1-3H3;1,3H,2H2;5-7H2,1-4H3;1H4. The average molecular weight is 668 g/mol. The quantitative estimate of drug-likeness (QED) is 0.0980. The number of fused-ring (bicyclic) bond motifs is 2. The Morgan fingerprint density at radius 3 is 2.00 bits per heavy atom. The van der Waals surface area contributed by atoms with Crippen LogP contribution in [0.4, 0.5) is 0 Å². The lowest BCUT2D eigenvalue weighted by Gasteiger charge is -2.15. The Bertz CT molecular complexity index is 1240. The van der Waals surface area contributed by atoms with E-state index in [4.69, 9.17) is 55.9 Å². The van der Waals surface area contributed by atoms with Crippen molar-refractivity contribution in [1.82, 2.24) is 24.5 Å². The first-order valence-corrected chi connectivity index (χ1v) is 21.8. The van der Waals surface area contributed by atoms with E-state index in [0.717, 1.165) is 54.6 Å². The number of aromatic nitrogens is 5. The van der Waals surface area contributed by atoms with Gasteiger partial charge in [0.25, 0.3) is 0 Å². The summed E-state index contributed by atoms with van der Waals surface area (Å²) < 4.78 is 12.8. The molecule has 0 fully saturated rings. The van der Waals surface area contributed by atoms with Crippen molar-refractivity contribution in [3.8, 4) is 0 Å². The Balaban J connectivity index is 0.000000325. The van der Waals surface area contributed by atoms with Gasteiger partial charge in [-0.3, -0.25) is 0 Å². The number of hydrogen-bond acceptors (Lipinski definition) is 6. The summed E-state index contributed by atoms with van der Waals surface area (Å²) in [5.41, 5.74) is 3.31. The predicted molar refractivity (Wildman–Crippen MR) is 178 cm³/mol. The molecule has 3 heterocycles. The smallest absolute Gasteiger partial charge is 0.224 e. The summed E-state index contributed by atoms with van der Waals surface area (Å²) in [6.07, 6.45) is 6.58. The lowest BCUT2D eigenvalue weighted by molar-refractivity contribution is 0.0902. The van der Waals surface area contributed by atoms with Crippen LogP contribution in [0.3, 0.4) is 0 Å². The fourth-order valence-corrected chi connectivity index (χ4v) is 5.76. The molecule has 0 amide bonds. The number of halogens is 4. The minimum absolute atomic E-state index is 0. The van der Waals surface area contributed by atoms with Crippen LogP contribution in [0.1, 0.15) is 25.6 Å². The SMILES string of the molecule is C.CCOCC[Si](C)(C)C.C[Si](C)(C)CCOCn1ccc2nc(Cl)nc(Cl)c21.Clc1nc(Cl)c2c(n1)C=CC2. The number of ether oxygens (including phenoxy) is 2. The van der Waals surface area contributed by atoms with E-state index in [9.17, 15) is 0 Å². The summed E-state index contributed by atoms with van der Waals surface area (Å²) in [6, 6.07) is 4.29. The van der Waals surface area contributed by atoms with Gasteiger partial charge in [0.2, 0.25) is 10.6 Å². The van der Waals surface area contributed by atoms with E-state index >= 15 is 0 Å². The fourth-order valence-electron chi connectivity index (χ4n) is 3.27. The summed E-state index contributed by atoms with van der Waals surface area (Å²) in [5.74, 6) is 0. The van der Waals surface area contributed by atoms with Crippen molar-refractivity contribution in [2.75, 3.05) is 19.8 Å². The molecule has 3 aromatic rings. The molecule has 224 valence electrons. The van der Waals surface area contributed by atoms with Crippen LogP contribution in [-0.4, -0.2) is 60.5 Å². The van der Waals surface area contributed by atoms with Gasteiger partial charge in [0.1, 0.15) is 17.4 Å². The van der Waals surface area contributed by atoms with Gasteiger partial charge >= 0.3 is 0 Å². The number of nitrogens with zero attached hydrogens (tertiary/aromatic N) is 5. The molecule has 13 heteroatoms. The Morgan fingerprint density at radius 2 is 1.40 bits per heavy atom.